The number of barbiturate groups is 1. The molecule has 1 fully saturated rings. The zero-order valence-electron chi connectivity index (χ0n) is 18.2. The van der Waals surface area contributed by atoms with Crippen LogP contribution in [0.1, 0.15) is 38.2 Å². The van der Waals surface area contributed by atoms with Gasteiger partial charge in [-0.15, -0.1) is 0 Å². The summed E-state index contributed by atoms with van der Waals surface area (Å²) in [6.07, 6.45) is 5.66. The predicted molar refractivity (Wildman–Crippen MR) is 134 cm³/mol. The van der Waals surface area contributed by atoms with Crippen LogP contribution in [-0.4, -0.2) is 29.4 Å². The van der Waals surface area contributed by atoms with Gasteiger partial charge in [0.25, 0.3) is 17.5 Å². The third-order valence-corrected chi connectivity index (χ3v) is 6.17. The van der Waals surface area contributed by atoms with Crippen LogP contribution in [-0.2, 0) is 9.59 Å². The van der Waals surface area contributed by atoms with Gasteiger partial charge in [0.05, 0.1) is 26.2 Å². The molecule has 1 N–H and O–H groups in total. The van der Waals surface area contributed by atoms with Gasteiger partial charge in [-0.25, -0.2) is 9.69 Å². The summed E-state index contributed by atoms with van der Waals surface area (Å²) in [4.78, 5) is 48.8. The van der Waals surface area contributed by atoms with Gasteiger partial charge in [0.2, 0.25) is 0 Å². The number of nitrogens with one attached hydrogen (secondary N) is 1. The molecule has 11 heteroatoms. The second kappa shape index (κ2) is 11.4. The summed E-state index contributed by atoms with van der Waals surface area (Å²) < 4.78 is 7.13. The van der Waals surface area contributed by atoms with Crippen molar-refractivity contribution in [2.45, 2.75) is 32.6 Å². The number of hydrogen-bond donors (Lipinski definition) is 1. The SMILES string of the molecule is CCCCCCOc1c(Br)cc(/C=C2/C(=O)NC(=O)N(c3ccc([N+](=O)[O-])cc3)C2=O)cc1Br. The Morgan fingerprint density at radius 2 is 1.71 bits per heavy atom. The molecule has 0 saturated carbocycles. The number of nitro groups is 1. The minimum absolute atomic E-state index is 0.0979. The standard InChI is InChI=1S/C23H21Br2N3O6/c1-2-3-4-5-10-34-20-18(24)12-14(13-19(20)25)11-17-21(29)26-23(31)27(22(17)30)15-6-8-16(9-7-15)28(32)33/h6-9,11-13H,2-5,10H2,1H3,(H,26,29,31)/b17-11-. The Morgan fingerprint density at radius 1 is 1.06 bits per heavy atom. The van der Waals surface area contributed by atoms with Crippen molar-refractivity contribution in [3.63, 3.8) is 0 Å². The van der Waals surface area contributed by atoms with Gasteiger partial charge in [0, 0.05) is 12.1 Å². The minimum Gasteiger partial charge on any atom is -0.491 e. The van der Waals surface area contributed by atoms with E-state index in [9.17, 15) is 24.5 Å². The largest absolute Gasteiger partial charge is 0.491 e. The smallest absolute Gasteiger partial charge is 0.335 e. The number of amides is 4. The van der Waals surface area contributed by atoms with Crippen LogP contribution < -0.4 is 15.0 Å². The highest BCUT2D eigenvalue weighted by Gasteiger charge is 2.37. The Hall–Kier alpha value is -3.05. The van der Waals surface area contributed by atoms with Gasteiger partial charge in [-0.2, -0.15) is 0 Å². The van der Waals surface area contributed by atoms with E-state index in [1.165, 1.54) is 30.3 Å². The molecule has 2 aromatic carbocycles. The number of urea groups is 1. The molecule has 4 amide bonds. The molecular formula is C23H21Br2N3O6. The highest BCUT2D eigenvalue weighted by atomic mass is 79.9. The molecule has 1 heterocycles. The highest BCUT2D eigenvalue weighted by Crippen LogP contribution is 2.36. The third kappa shape index (κ3) is 5.89. The topological polar surface area (TPSA) is 119 Å². The maximum Gasteiger partial charge on any atom is 0.335 e. The number of rotatable bonds is 9. The molecule has 2 aromatic rings. The second-order valence-corrected chi connectivity index (χ2v) is 9.16. The van der Waals surface area contributed by atoms with E-state index >= 15 is 0 Å². The van der Waals surface area contributed by atoms with Gasteiger partial charge in [0.15, 0.2) is 0 Å². The fourth-order valence-corrected chi connectivity index (χ4v) is 4.74. The first-order valence-electron chi connectivity index (χ1n) is 10.5. The molecule has 0 spiro atoms. The lowest BCUT2D eigenvalue weighted by Crippen LogP contribution is -2.54. The number of benzene rings is 2. The molecule has 9 nitrogen and oxygen atoms in total. The number of ether oxygens (including phenoxy) is 1. The first-order chi connectivity index (χ1) is 16.2. The molecule has 0 atom stereocenters. The number of imide groups is 2. The number of non-ortho nitro benzene ring substituents is 1. The van der Waals surface area contributed by atoms with E-state index in [0.717, 1.165) is 30.6 Å². The number of unbranched alkanes of at least 4 members (excludes halogenated alkanes) is 3. The van der Waals surface area contributed by atoms with Gasteiger partial charge in [-0.1, -0.05) is 26.2 Å². The van der Waals surface area contributed by atoms with Crippen molar-refractivity contribution in [1.82, 2.24) is 5.32 Å². The van der Waals surface area contributed by atoms with E-state index in [1.807, 2.05) is 0 Å². The van der Waals surface area contributed by atoms with Crippen molar-refractivity contribution in [3.05, 3.63) is 66.6 Å². The molecular weight excluding hydrogens is 574 g/mol. The summed E-state index contributed by atoms with van der Waals surface area (Å²) in [5.74, 6) is -1.07. The van der Waals surface area contributed by atoms with Crippen molar-refractivity contribution in [1.29, 1.82) is 0 Å². The Morgan fingerprint density at radius 3 is 2.29 bits per heavy atom. The Labute approximate surface area is 212 Å². The maximum absolute atomic E-state index is 13.0. The molecule has 3 rings (SSSR count). The zero-order chi connectivity index (χ0) is 24.8. The van der Waals surface area contributed by atoms with Crippen LogP contribution in [0.25, 0.3) is 6.08 Å². The van der Waals surface area contributed by atoms with Crippen LogP contribution in [0.3, 0.4) is 0 Å². The van der Waals surface area contributed by atoms with Gasteiger partial charge in [-0.05, 0) is 74.2 Å². The average Bonchev–Trinajstić information content (AvgIpc) is 2.78. The van der Waals surface area contributed by atoms with E-state index in [-0.39, 0.29) is 16.9 Å². The Bertz CT molecular complexity index is 1140. The van der Waals surface area contributed by atoms with Crippen LogP contribution in [0, 0.1) is 10.1 Å². The molecule has 178 valence electrons. The fourth-order valence-electron chi connectivity index (χ4n) is 3.29. The lowest BCUT2D eigenvalue weighted by atomic mass is 10.1. The lowest BCUT2D eigenvalue weighted by Gasteiger charge is -2.26. The number of carbonyl (C=O) groups excluding carboxylic acids is 3. The van der Waals surface area contributed by atoms with Crippen LogP contribution >= 0.6 is 31.9 Å². The molecule has 0 aliphatic carbocycles. The molecule has 0 unspecified atom stereocenters. The fraction of sp³-hybridized carbons (Fsp3) is 0.261. The Balaban J connectivity index is 1.85. The molecule has 1 aliphatic rings. The average molecular weight is 595 g/mol. The van der Waals surface area contributed by atoms with Crippen molar-refractivity contribution in [2.24, 2.45) is 0 Å². The quantitative estimate of drug-likeness (QED) is 0.130. The summed E-state index contributed by atoms with van der Waals surface area (Å²) in [6.45, 7) is 2.70. The number of nitro benzene ring substituents is 1. The minimum atomic E-state index is -0.935. The summed E-state index contributed by atoms with van der Waals surface area (Å²) in [7, 11) is 0. The molecule has 0 bridgehead atoms. The van der Waals surface area contributed by atoms with E-state index in [1.54, 1.807) is 12.1 Å². The van der Waals surface area contributed by atoms with Gasteiger partial charge in [0.1, 0.15) is 11.3 Å². The first kappa shape index (κ1) is 25.6. The maximum atomic E-state index is 13.0. The van der Waals surface area contributed by atoms with E-state index in [0.29, 0.717) is 26.9 Å². The van der Waals surface area contributed by atoms with Crippen molar-refractivity contribution < 1.29 is 24.0 Å². The molecule has 0 aromatic heterocycles. The number of halogens is 2. The van der Waals surface area contributed by atoms with Gasteiger partial charge >= 0.3 is 6.03 Å². The van der Waals surface area contributed by atoms with E-state index in [2.05, 4.69) is 44.1 Å². The number of nitrogens with zero attached hydrogens (tertiary/aromatic N) is 2. The number of hydrogen-bond acceptors (Lipinski definition) is 6. The lowest BCUT2D eigenvalue weighted by molar-refractivity contribution is -0.384. The summed E-state index contributed by atoms with van der Waals surface area (Å²) in [5, 5.41) is 13.0. The monoisotopic (exact) mass is 593 g/mol. The molecule has 34 heavy (non-hydrogen) atoms. The van der Waals surface area contributed by atoms with E-state index < -0.39 is 22.8 Å². The van der Waals surface area contributed by atoms with E-state index in [4.69, 9.17) is 4.74 Å². The van der Waals surface area contributed by atoms with Crippen LogP contribution in [0.15, 0.2) is 50.9 Å². The van der Waals surface area contributed by atoms with Crippen molar-refractivity contribution in [2.75, 3.05) is 11.5 Å². The molecule has 1 aliphatic heterocycles. The summed E-state index contributed by atoms with van der Waals surface area (Å²) >= 11 is 6.93. The predicted octanol–water partition coefficient (Wildman–Crippen LogP) is 5.75. The zero-order valence-corrected chi connectivity index (χ0v) is 21.3. The number of anilines is 1. The van der Waals surface area contributed by atoms with Crippen LogP contribution in [0.2, 0.25) is 0 Å². The molecule has 1 saturated heterocycles. The summed E-state index contributed by atoms with van der Waals surface area (Å²) in [6, 6.07) is 7.34. The van der Waals surface area contributed by atoms with Gasteiger partial charge < -0.3 is 4.74 Å². The van der Waals surface area contributed by atoms with Crippen LogP contribution in [0.4, 0.5) is 16.2 Å². The highest BCUT2D eigenvalue weighted by molar-refractivity contribution is 9.11. The molecule has 0 radical (unpaired) electrons. The third-order valence-electron chi connectivity index (χ3n) is 5.00. The van der Waals surface area contributed by atoms with Crippen molar-refractivity contribution in [3.8, 4) is 5.75 Å². The Kier molecular flexibility index (Phi) is 8.56. The summed E-state index contributed by atoms with van der Waals surface area (Å²) in [5.41, 5.74) is 0.169. The van der Waals surface area contributed by atoms with Crippen LogP contribution in [0.5, 0.6) is 5.75 Å². The first-order valence-corrected chi connectivity index (χ1v) is 12.1. The van der Waals surface area contributed by atoms with Crippen molar-refractivity contribution >= 4 is 67.2 Å². The second-order valence-electron chi connectivity index (χ2n) is 7.45. The van der Waals surface area contributed by atoms with Gasteiger partial charge in [-0.3, -0.25) is 25.0 Å². The normalized spacial score (nSPS) is 15.0. The number of carbonyl (C=O) groups is 3.